The van der Waals surface area contributed by atoms with E-state index in [1.54, 1.807) is 24.5 Å². The first kappa shape index (κ1) is 16.7. The lowest BCUT2D eigenvalue weighted by atomic mass is 10.1. The van der Waals surface area contributed by atoms with E-state index < -0.39 is 14.8 Å². The van der Waals surface area contributed by atoms with Crippen LogP contribution < -0.4 is 0 Å². The zero-order valence-corrected chi connectivity index (χ0v) is 13.8. The number of rotatable bonds is 6. The van der Waals surface area contributed by atoms with Gasteiger partial charge in [-0.25, -0.2) is 8.42 Å². The van der Waals surface area contributed by atoms with E-state index in [4.69, 9.17) is 4.42 Å². The molecule has 0 radical (unpaired) electrons. The van der Waals surface area contributed by atoms with Crippen molar-refractivity contribution in [3.63, 3.8) is 0 Å². The van der Waals surface area contributed by atoms with E-state index in [1.165, 1.54) is 12.1 Å². The summed E-state index contributed by atoms with van der Waals surface area (Å²) in [6, 6.07) is 9.91. The molecule has 0 bridgehead atoms. The van der Waals surface area contributed by atoms with Crippen molar-refractivity contribution in [3.8, 4) is 0 Å². The highest BCUT2D eigenvalue weighted by molar-refractivity contribution is 7.91. The van der Waals surface area contributed by atoms with E-state index >= 15 is 0 Å². The maximum absolute atomic E-state index is 11.8. The third-order valence-corrected chi connectivity index (χ3v) is 5.95. The van der Waals surface area contributed by atoms with Crippen LogP contribution in [0.2, 0.25) is 0 Å². The molecule has 3 rings (SSSR count). The van der Waals surface area contributed by atoms with Crippen LogP contribution in [0.25, 0.3) is 0 Å². The Kier molecular flexibility index (Phi) is 4.68. The van der Waals surface area contributed by atoms with Gasteiger partial charge in [-0.1, -0.05) is 12.1 Å². The Morgan fingerprint density at radius 3 is 2.50 bits per heavy atom. The Morgan fingerprint density at radius 1 is 1.21 bits per heavy atom. The molecule has 0 aliphatic carbocycles. The van der Waals surface area contributed by atoms with E-state index in [0.29, 0.717) is 19.5 Å². The van der Waals surface area contributed by atoms with E-state index in [1.807, 2.05) is 6.07 Å². The summed E-state index contributed by atoms with van der Waals surface area (Å²) < 4.78 is 29.0. The van der Waals surface area contributed by atoms with Crippen LogP contribution in [0.3, 0.4) is 0 Å². The van der Waals surface area contributed by atoms with Crippen molar-refractivity contribution in [1.29, 1.82) is 0 Å². The Hall–Kier alpha value is -2.19. The van der Waals surface area contributed by atoms with Crippen molar-refractivity contribution in [2.24, 2.45) is 0 Å². The standard InChI is InChI=1S/C16H18N2O5S/c19-18(20)14-5-3-13(4-6-14)10-17(11-16-2-1-8-23-16)15-7-9-24(21,22)12-15/h1-6,8,15H,7,9-12H2/t15-/m1/s1. The van der Waals surface area contributed by atoms with E-state index in [0.717, 1.165) is 11.3 Å². The smallest absolute Gasteiger partial charge is 0.269 e. The summed E-state index contributed by atoms with van der Waals surface area (Å²) in [5.41, 5.74) is 0.941. The molecule has 1 atom stereocenters. The third kappa shape index (κ3) is 4.01. The minimum Gasteiger partial charge on any atom is -0.468 e. The van der Waals surface area contributed by atoms with Crippen molar-refractivity contribution in [1.82, 2.24) is 4.90 Å². The van der Waals surface area contributed by atoms with Crippen LogP contribution in [-0.4, -0.2) is 35.8 Å². The Bertz CT molecular complexity index is 800. The van der Waals surface area contributed by atoms with Gasteiger partial charge < -0.3 is 4.42 Å². The SMILES string of the molecule is O=[N+]([O-])c1ccc(CN(Cc2ccco2)[C@@H]2CCS(=O)(=O)C2)cc1. The van der Waals surface area contributed by atoms with E-state index in [-0.39, 0.29) is 23.2 Å². The van der Waals surface area contributed by atoms with Crippen molar-refractivity contribution in [2.75, 3.05) is 11.5 Å². The minimum absolute atomic E-state index is 0.0415. The molecule has 1 saturated heterocycles. The van der Waals surface area contributed by atoms with Crippen LogP contribution in [0.15, 0.2) is 47.1 Å². The van der Waals surface area contributed by atoms with Crippen LogP contribution in [0.4, 0.5) is 5.69 Å². The molecule has 0 spiro atoms. The molecule has 1 aliphatic rings. The summed E-state index contributed by atoms with van der Waals surface area (Å²) in [6.07, 6.45) is 2.18. The van der Waals surface area contributed by atoms with Crippen LogP contribution >= 0.6 is 0 Å². The number of nitro groups is 1. The van der Waals surface area contributed by atoms with Gasteiger partial charge in [-0.3, -0.25) is 15.0 Å². The molecule has 2 heterocycles. The fourth-order valence-electron chi connectivity index (χ4n) is 2.94. The van der Waals surface area contributed by atoms with Crippen LogP contribution in [-0.2, 0) is 22.9 Å². The molecule has 0 N–H and O–H groups in total. The molecule has 1 fully saturated rings. The molecule has 2 aromatic rings. The highest BCUT2D eigenvalue weighted by Gasteiger charge is 2.32. The molecule has 8 heteroatoms. The van der Waals surface area contributed by atoms with E-state index in [2.05, 4.69) is 4.90 Å². The number of nitrogens with zero attached hydrogens (tertiary/aromatic N) is 2. The number of benzene rings is 1. The monoisotopic (exact) mass is 350 g/mol. The molecule has 1 aromatic heterocycles. The molecular weight excluding hydrogens is 332 g/mol. The molecule has 128 valence electrons. The van der Waals surface area contributed by atoms with Crippen molar-refractivity contribution >= 4 is 15.5 Å². The van der Waals surface area contributed by atoms with Gasteiger partial charge in [0.1, 0.15) is 5.76 Å². The second kappa shape index (κ2) is 6.74. The zero-order valence-electron chi connectivity index (χ0n) is 13.0. The summed E-state index contributed by atoms with van der Waals surface area (Å²) in [4.78, 5) is 12.4. The number of hydrogen-bond acceptors (Lipinski definition) is 6. The maximum atomic E-state index is 11.8. The topological polar surface area (TPSA) is 93.7 Å². The van der Waals surface area contributed by atoms with Gasteiger partial charge >= 0.3 is 0 Å². The van der Waals surface area contributed by atoms with Crippen molar-refractivity contribution in [3.05, 3.63) is 64.1 Å². The first-order valence-corrected chi connectivity index (χ1v) is 9.45. The molecule has 0 unspecified atom stereocenters. The summed E-state index contributed by atoms with van der Waals surface area (Å²) in [5, 5.41) is 10.7. The second-order valence-corrected chi connectivity index (χ2v) is 8.19. The number of nitro benzene ring substituents is 1. The van der Waals surface area contributed by atoms with Gasteiger partial charge in [0, 0.05) is 24.7 Å². The van der Waals surface area contributed by atoms with E-state index in [9.17, 15) is 18.5 Å². The van der Waals surface area contributed by atoms with Gasteiger partial charge in [-0.15, -0.1) is 0 Å². The van der Waals surface area contributed by atoms with Crippen LogP contribution in [0.5, 0.6) is 0 Å². The molecule has 7 nitrogen and oxygen atoms in total. The average molecular weight is 350 g/mol. The Morgan fingerprint density at radius 2 is 1.96 bits per heavy atom. The van der Waals surface area contributed by atoms with Gasteiger partial charge in [0.25, 0.3) is 5.69 Å². The summed E-state index contributed by atoms with van der Waals surface area (Å²) >= 11 is 0. The van der Waals surface area contributed by atoms with Gasteiger partial charge in [0.15, 0.2) is 9.84 Å². The molecule has 0 amide bonds. The van der Waals surface area contributed by atoms with Gasteiger partial charge in [-0.2, -0.15) is 0 Å². The van der Waals surface area contributed by atoms with Crippen LogP contribution in [0, 0.1) is 10.1 Å². The highest BCUT2D eigenvalue weighted by Crippen LogP contribution is 2.23. The molecule has 0 saturated carbocycles. The van der Waals surface area contributed by atoms with Gasteiger partial charge in [-0.05, 0) is 24.1 Å². The number of non-ortho nitro benzene ring substituents is 1. The third-order valence-electron chi connectivity index (χ3n) is 4.20. The lowest BCUT2D eigenvalue weighted by Gasteiger charge is -2.27. The quantitative estimate of drug-likeness (QED) is 0.586. The zero-order chi connectivity index (χ0) is 17.2. The number of hydrogen-bond donors (Lipinski definition) is 0. The molecular formula is C16H18N2O5S. The average Bonchev–Trinajstić information content (AvgIpc) is 3.16. The lowest BCUT2D eigenvalue weighted by molar-refractivity contribution is -0.384. The fraction of sp³-hybridized carbons (Fsp3) is 0.375. The number of sulfone groups is 1. The Balaban J connectivity index is 1.77. The van der Waals surface area contributed by atoms with Gasteiger partial charge in [0.2, 0.25) is 0 Å². The Labute approximate surface area is 140 Å². The first-order chi connectivity index (χ1) is 11.4. The maximum Gasteiger partial charge on any atom is 0.269 e. The molecule has 24 heavy (non-hydrogen) atoms. The summed E-state index contributed by atoms with van der Waals surface area (Å²) in [6.45, 7) is 1.02. The van der Waals surface area contributed by atoms with Crippen molar-refractivity contribution in [2.45, 2.75) is 25.6 Å². The summed E-state index contributed by atoms with van der Waals surface area (Å²) in [7, 11) is -2.99. The number of furan rings is 1. The fourth-order valence-corrected chi connectivity index (χ4v) is 4.70. The highest BCUT2D eigenvalue weighted by atomic mass is 32.2. The molecule has 1 aliphatic heterocycles. The first-order valence-electron chi connectivity index (χ1n) is 7.63. The molecule has 1 aromatic carbocycles. The van der Waals surface area contributed by atoms with Crippen LogP contribution in [0.1, 0.15) is 17.7 Å². The predicted molar refractivity (Wildman–Crippen MR) is 88.1 cm³/mol. The largest absolute Gasteiger partial charge is 0.468 e. The lowest BCUT2D eigenvalue weighted by Crippen LogP contribution is -2.35. The normalized spacial score (nSPS) is 19.6. The predicted octanol–water partition coefficient (Wildman–Crippen LogP) is 2.38. The minimum atomic E-state index is -2.99. The van der Waals surface area contributed by atoms with Crippen molar-refractivity contribution < 1.29 is 17.8 Å². The summed E-state index contributed by atoms with van der Waals surface area (Å²) in [5.74, 6) is 1.11. The van der Waals surface area contributed by atoms with Gasteiger partial charge in [0.05, 0.1) is 29.2 Å². The second-order valence-electron chi connectivity index (χ2n) is 5.96.